The molecular formula is C8H18Ca. The first-order chi connectivity index (χ1) is 3.71. The molecule has 9 heavy (non-hydrogen) atoms. The summed E-state index contributed by atoms with van der Waals surface area (Å²) in [5.74, 6) is 0. The maximum atomic E-state index is 2.37. The number of rotatable bonds is 0. The Balaban J connectivity index is 3.75. The summed E-state index contributed by atoms with van der Waals surface area (Å²) in [6.45, 7) is 14.2. The van der Waals surface area contributed by atoms with Crippen LogP contribution in [-0.4, -0.2) is 33.8 Å². The molecule has 52 valence electrons. The molecule has 0 bridgehead atoms. The van der Waals surface area contributed by atoms with E-state index >= 15 is 0 Å². The Kier molecular flexibility index (Phi) is 3.54. The van der Waals surface area contributed by atoms with Crippen molar-refractivity contribution in [3.8, 4) is 0 Å². The summed E-state index contributed by atoms with van der Waals surface area (Å²) >= 11 is -0.333. The van der Waals surface area contributed by atoms with Crippen LogP contribution in [0.1, 0.15) is 41.5 Å². The van der Waals surface area contributed by atoms with E-state index in [1.807, 2.05) is 0 Å². The summed E-state index contributed by atoms with van der Waals surface area (Å²) in [4.78, 5) is 0. The quantitative estimate of drug-likeness (QED) is 0.470. The summed E-state index contributed by atoms with van der Waals surface area (Å²) in [5.41, 5.74) is 0. The molecule has 0 aliphatic carbocycles. The molecule has 0 rings (SSSR count). The van der Waals surface area contributed by atoms with Crippen LogP contribution in [0.3, 0.4) is 0 Å². The van der Waals surface area contributed by atoms with Crippen molar-refractivity contribution in [3.63, 3.8) is 0 Å². The van der Waals surface area contributed by atoms with Gasteiger partial charge in [-0.1, -0.05) is 0 Å². The molecule has 0 aromatic carbocycles. The molecule has 0 spiro atoms. The molecular weight excluding hydrogens is 136 g/mol. The van der Waals surface area contributed by atoms with Crippen LogP contribution in [0.4, 0.5) is 0 Å². The molecule has 0 N–H and O–H groups in total. The monoisotopic (exact) mass is 154 g/mol. The third kappa shape index (κ3) is 9.26. The molecule has 0 nitrogen and oxygen atoms in total. The van der Waals surface area contributed by atoms with Gasteiger partial charge in [0.05, 0.1) is 0 Å². The number of hydrogen-bond acceptors (Lipinski definition) is 0. The first-order valence-corrected chi connectivity index (χ1v) is 5.92. The van der Waals surface area contributed by atoms with E-state index in [0.717, 1.165) is 0 Å². The third-order valence-electron chi connectivity index (χ3n) is 1.06. The van der Waals surface area contributed by atoms with Crippen LogP contribution in [0, 0.1) is 0 Å². The van der Waals surface area contributed by atoms with Gasteiger partial charge in [-0.15, -0.1) is 0 Å². The first-order valence-electron chi connectivity index (χ1n) is 3.71. The van der Waals surface area contributed by atoms with Gasteiger partial charge in [0.1, 0.15) is 0 Å². The SMILES string of the molecule is C[C](C)(C)[Ca][C](C)(C)C. The molecule has 0 heterocycles. The predicted molar refractivity (Wildman–Crippen MR) is 45.2 cm³/mol. The van der Waals surface area contributed by atoms with Crippen molar-refractivity contribution in [2.45, 2.75) is 44.6 Å². The molecule has 0 aliphatic heterocycles. The van der Waals surface area contributed by atoms with E-state index in [4.69, 9.17) is 0 Å². The van der Waals surface area contributed by atoms with Crippen LogP contribution in [-0.2, 0) is 0 Å². The summed E-state index contributed by atoms with van der Waals surface area (Å²) < 4.78 is 1.34. The van der Waals surface area contributed by atoms with E-state index < -0.39 is 0 Å². The minimum atomic E-state index is -0.333. The van der Waals surface area contributed by atoms with Crippen molar-refractivity contribution < 1.29 is 0 Å². The van der Waals surface area contributed by atoms with E-state index in [9.17, 15) is 0 Å². The van der Waals surface area contributed by atoms with Crippen molar-refractivity contribution in [3.05, 3.63) is 0 Å². The molecule has 0 saturated heterocycles. The molecule has 0 radical (unpaired) electrons. The Hall–Kier alpha value is 1.26. The fraction of sp³-hybridized carbons (Fsp3) is 1.00. The Labute approximate surface area is 77.7 Å². The van der Waals surface area contributed by atoms with Crippen molar-refractivity contribution in [1.82, 2.24) is 0 Å². The Bertz CT molecular complexity index is 69.7. The van der Waals surface area contributed by atoms with Crippen LogP contribution in [0.25, 0.3) is 0 Å². The van der Waals surface area contributed by atoms with Crippen LogP contribution in [0.5, 0.6) is 0 Å². The third-order valence-corrected chi connectivity index (χ3v) is 4.37. The summed E-state index contributed by atoms with van der Waals surface area (Å²) in [6.07, 6.45) is 0. The average molecular weight is 154 g/mol. The van der Waals surface area contributed by atoms with Crippen LogP contribution in [0.2, 0.25) is 3.02 Å². The second-order valence-corrected chi connectivity index (χ2v) is 12.5. The number of hydrogen-bond donors (Lipinski definition) is 0. The van der Waals surface area contributed by atoms with Gasteiger partial charge in [0, 0.05) is 0 Å². The first kappa shape index (κ1) is 10.3. The predicted octanol–water partition coefficient (Wildman–Crippen LogP) is 3.13. The van der Waals surface area contributed by atoms with Crippen molar-refractivity contribution in [2.24, 2.45) is 0 Å². The van der Waals surface area contributed by atoms with Gasteiger partial charge in [0.15, 0.2) is 0 Å². The van der Waals surface area contributed by atoms with Gasteiger partial charge in [-0.25, -0.2) is 0 Å². The zero-order chi connectivity index (χ0) is 7.71. The molecule has 0 aliphatic rings. The van der Waals surface area contributed by atoms with E-state index in [1.165, 1.54) is 0 Å². The van der Waals surface area contributed by atoms with Gasteiger partial charge in [0.2, 0.25) is 0 Å². The van der Waals surface area contributed by atoms with E-state index in [0.29, 0.717) is 3.02 Å². The molecule has 0 saturated carbocycles. The summed E-state index contributed by atoms with van der Waals surface area (Å²) in [5, 5.41) is 0. The molecule has 0 amide bonds. The molecule has 0 unspecified atom stereocenters. The fourth-order valence-corrected chi connectivity index (χ4v) is 6.56. The van der Waals surface area contributed by atoms with E-state index in [1.54, 1.807) is 0 Å². The molecule has 0 atom stereocenters. The molecule has 0 aromatic rings. The van der Waals surface area contributed by atoms with Crippen molar-refractivity contribution in [1.29, 1.82) is 0 Å². The topological polar surface area (TPSA) is 0 Å². The second-order valence-electron chi connectivity index (χ2n) is 5.30. The standard InChI is InChI=1S/2C4H9.Ca/c2*1-4(2)3;/h2*1-3H3;. The van der Waals surface area contributed by atoms with Crippen LogP contribution >= 0.6 is 0 Å². The molecule has 0 aromatic heterocycles. The summed E-state index contributed by atoms with van der Waals surface area (Å²) in [7, 11) is 0. The summed E-state index contributed by atoms with van der Waals surface area (Å²) in [6, 6.07) is 0. The van der Waals surface area contributed by atoms with Gasteiger partial charge in [-0.05, 0) is 0 Å². The Morgan fingerprint density at radius 3 is 0.889 bits per heavy atom. The van der Waals surface area contributed by atoms with Gasteiger partial charge in [-0.3, -0.25) is 0 Å². The average Bonchev–Trinajstić information content (AvgIpc) is 1.14. The van der Waals surface area contributed by atoms with Gasteiger partial charge < -0.3 is 0 Å². The van der Waals surface area contributed by atoms with E-state index in [-0.39, 0.29) is 33.8 Å². The van der Waals surface area contributed by atoms with E-state index in [2.05, 4.69) is 41.5 Å². The minimum absolute atomic E-state index is 0.333. The van der Waals surface area contributed by atoms with Crippen molar-refractivity contribution >= 4 is 33.8 Å². The second kappa shape index (κ2) is 3.11. The Morgan fingerprint density at radius 1 is 0.667 bits per heavy atom. The van der Waals surface area contributed by atoms with Crippen LogP contribution < -0.4 is 0 Å². The zero-order valence-electron chi connectivity index (χ0n) is 7.71. The van der Waals surface area contributed by atoms with Crippen LogP contribution in [0.15, 0.2) is 0 Å². The zero-order valence-corrected chi connectivity index (χ0v) is 9.92. The van der Waals surface area contributed by atoms with Gasteiger partial charge >= 0.3 is 78.4 Å². The fourth-order valence-electron chi connectivity index (χ4n) is 1.59. The normalized spacial score (nSPS) is 13.1. The van der Waals surface area contributed by atoms with Crippen molar-refractivity contribution in [2.75, 3.05) is 0 Å². The molecule has 0 fully saturated rings. The Morgan fingerprint density at radius 2 is 0.889 bits per heavy atom. The van der Waals surface area contributed by atoms with Gasteiger partial charge in [0.25, 0.3) is 0 Å². The van der Waals surface area contributed by atoms with Gasteiger partial charge in [-0.2, -0.15) is 0 Å². The maximum absolute atomic E-state index is 2.37. The molecule has 1 heteroatoms.